The number of amides is 1. The first-order valence-electron chi connectivity index (χ1n) is 8.99. The number of carbonyl (C=O) groups is 1. The van der Waals surface area contributed by atoms with Crippen LogP contribution in [-0.4, -0.2) is 25.4 Å². The normalized spacial score (nSPS) is 10.7. The molecule has 0 saturated carbocycles. The van der Waals surface area contributed by atoms with Crippen LogP contribution in [0.5, 0.6) is 11.6 Å². The molecule has 3 aromatic heterocycles. The van der Waals surface area contributed by atoms with E-state index < -0.39 is 0 Å². The number of benzene rings is 1. The molecule has 0 unspecified atom stereocenters. The lowest BCUT2D eigenvalue weighted by Crippen LogP contribution is -2.09. The van der Waals surface area contributed by atoms with Gasteiger partial charge in [-0.05, 0) is 56.5 Å². The zero-order valence-corrected chi connectivity index (χ0v) is 17.0. The highest BCUT2D eigenvalue weighted by atomic mass is 32.1. The Hall–Kier alpha value is -3.52. The SMILES string of the molecule is Cc1nc(Oc2ccc(NC(=O)c3cccs3)cc2)cc(-n2cnc(C)c2C)n1. The Labute approximate surface area is 172 Å². The number of aromatic nitrogens is 4. The number of anilines is 1. The van der Waals surface area contributed by atoms with Crippen LogP contribution in [0.4, 0.5) is 5.69 Å². The third-order valence-electron chi connectivity index (χ3n) is 4.38. The van der Waals surface area contributed by atoms with E-state index in [-0.39, 0.29) is 5.91 Å². The van der Waals surface area contributed by atoms with Crippen LogP contribution in [0.1, 0.15) is 26.9 Å². The Morgan fingerprint density at radius 3 is 2.55 bits per heavy atom. The molecule has 0 bridgehead atoms. The van der Waals surface area contributed by atoms with E-state index in [2.05, 4.69) is 20.3 Å². The van der Waals surface area contributed by atoms with Gasteiger partial charge in [-0.1, -0.05) is 6.07 Å². The Morgan fingerprint density at radius 1 is 1.10 bits per heavy atom. The fourth-order valence-electron chi connectivity index (χ4n) is 2.76. The van der Waals surface area contributed by atoms with Crippen molar-refractivity contribution < 1.29 is 9.53 Å². The second-order valence-corrected chi connectivity index (χ2v) is 7.40. The van der Waals surface area contributed by atoms with Crippen LogP contribution in [0.3, 0.4) is 0 Å². The van der Waals surface area contributed by atoms with Crippen molar-refractivity contribution >= 4 is 22.9 Å². The average Bonchev–Trinajstić information content (AvgIpc) is 3.34. The van der Waals surface area contributed by atoms with Crippen LogP contribution < -0.4 is 10.1 Å². The third-order valence-corrected chi connectivity index (χ3v) is 5.25. The van der Waals surface area contributed by atoms with E-state index in [1.165, 1.54) is 11.3 Å². The molecule has 8 heteroatoms. The third kappa shape index (κ3) is 4.17. The van der Waals surface area contributed by atoms with Crippen LogP contribution in [0.2, 0.25) is 0 Å². The summed E-state index contributed by atoms with van der Waals surface area (Å²) in [5.41, 5.74) is 2.66. The van der Waals surface area contributed by atoms with Crippen LogP contribution in [-0.2, 0) is 0 Å². The molecule has 0 aliphatic rings. The fraction of sp³-hybridized carbons (Fsp3) is 0.143. The number of hydrogen-bond acceptors (Lipinski definition) is 6. The molecule has 1 aromatic carbocycles. The van der Waals surface area contributed by atoms with E-state index in [1.54, 1.807) is 42.7 Å². The Balaban J connectivity index is 1.50. The Bertz CT molecular complexity index is 1150. The first-order chi connectivity index (χ1) is 14.0. The van der Waals surface area contributed by atoms with E-state index in [4.69, 9.17) is 4.74 Å². The lowest BCUT2D eigenvalue weighted by atomic mass is 10.3. The van der Waals surface area contributed by atoms with Crippen molar-refractivity contribution in [2.24, 2.45) is 0 Å². The molecule has 1 N–H and O–H groups in total. The lowest BCUT2D eigenvalue weighted by Gasteiger charge is -2.10. The molecule has 0 aliphatic carbocycles. The van der Waals surface area contributed by atoms with Gasteiger partial charge in [0.25, 0.3) is 5.91 Å². The fourth-order valence-corrected chi connectivity index (χ4v) is 3.38. The summed E-state index contributed by atoms with van der Waals surface area (Å²) in [6.45, 7) is 5.76. The van der Waals surface area contributed by atoms with Gasteiger partial charge in [-0.2, -0.15) is 4.98 Å². The molecule has 146 valence electrons. The lowest BCUT2D eigenvalue weighted by molar-refractivity contribution is 0.103. The molecule has 4 rings (SSSR count). The predicted octanol–water partition coefficient (Wildman–Crippen LogP) is 4.69. The van der Waals surface area contributed by atoms with Gasteiger partial charge in [0.1, 0.15) is 23.7 Å². The van der Waals surface area contributed by atoms with E-state index in [9.17, 15) is 4.79 Å². The zero-order valence-electron chi connectivity index (χ0n) is 16.2. The number of aryl methyl sites for hydroxylation is 2. The summed E-state index contributed by atoms with van der Waals surface area (Å²) in [5, 5.41) is 4.74. The van der Waals surface area contributed by atoms with Crippen molar-refractivity contribution in [3.8, 4) is 17.4 Å². The maximum Gasteiger partial charge on any atom is 0.265 e. The number of carbonyl (C=O) groups excluding carboxylic acids is 1. The topological polar surface area (TPSA) is 81.9 Å². The number of thiophene rings is 1. The molecule has 3 heterocycles. The van der Waals surface area contributed by atoms with E-state index in [0.29, 0.717) is 33.8 Å². The van der Waals surface area contributed by atoms with Gasteiger partial charge in [-0.3, -0.25) is 9.36 Å². The molecular formula is C21H19N5O2S. The summed E-state index contributed by atoms with van der Waals surface area (Å²) in [6.07, 6.45) is 1.74. The largest absolute Gasteiger partial charge is 0.439 e. The first kappa shape index (κ1) is 18.8. The van der Waals surface area contributed by atoms with Crippen molar-refractivity contribution in [2.75, 3.05) is 5.32 Å². The number of ether oxygens (including phenoxy) is 1. The second kappa shape index (κ2) is 7.84. The zero-order chi connectivity index (χ0) is 20.4. The first-order valence-corrected chi connectivity index (χ1v) is 9.87. The summed E-state index contributed by atoms with van der Waals surface area (Å²) >= 11 is 1.40. The standard InChI is InChI=1S/C21H19N5O2S/c1-13-14(2)26(12-22-13)19-11-20(24-15(3)23-19)28-17-8-6-16(7-9-17)25-21(27)18-5-4-10-29-18/h4-12H,1-3H3,(H,25,27). The molecule has 0 saturated heterocycles. The van der Waals surface area contributed by atoms with Gasteiger partial charge in [0.15, 0.2) is 0 Å². The minimum absolute atomic E-state index is 0.129. The minimum atomic E-state index is -0.129. The van der Waals surface area contributed by atoms with E-state index in [1.807, 2.05) is 36.8 Å². The highest BCUT2D eigenvalue weighted by Crippen LogP contribution is 2.24. The maximum absolute atomic E-state index is 12.1. The number of imidazole rings is 1. The summed E-state index contributed by atoms with van der Waals surface area (Å²) in [7, 11) is 0. The van der Waals surface area contributed by atoms with Crippen LogP contribution in [0.25, 0.3) is 5.82 Å². The average molecular weight is 405 g/mol. The van der Waals surface area contributed by atoms with Gasteiger partial charge in [0, 0.05) is 17.4 Å². The summed E-state index contributed by atoms with van der Waals surface area (Å²) < 4.78 is 7.81. The highest BCUT2D eigenvalue weighted by Gasteiger charge is 2.11. The molecule has 0 radical (unpaired) electrons. The van der Waals surface area contributed by atoms with Gasteiger partial charge in [-0.25, -0.2) is 9.97 Å². The molecule has 29 heavy (non-hydrogen) atoms. The molecule has 1 amide bonds. The minimum Gasteiger partial charge on any atom is -0.439 e. The van der Waals surface area contributed by atoms with Gasteiger partial charge in [0.05, 0.1) is 10.6 Å². The van der Waals surface area contributed by atoms with Crippen molar-refractivity contribution in [3.63, 3.8) is 0 Å². The molecule has 0 fully saturated rings. The van der Waals surface area contributed by atoms with Crippen LogP contribution in [0, 0.1) is 20.8 Å². The number of nitrogens with zero attached hydrogens (tertiary/aromatic N) is 4. The smallest absolute Gasteiger partial charge is 0.265 e. The molecule has 0 aliphatic heterocycles. The summed E-state index contributed by atoms with van der Waals surface area (Å²) in [4.78, 5) is 26.0. The highest BCUT2D eigenvalue weighted by molar-refractivity contribution is 7.12. The Morgan fingerprint density at radius 2 is 1.90 bits per heavy atom. The van der Waals surface area contributed by atoms with Gasteiger partial charge in [0.2, 0.25) is 5.88 Å². The molecule has 0 atom stereocenters. The van der Waals surface area contributed by atoms with Crippen LogP contribution >= 0.6 is 11.3 Å². The predicted molar refractivity (Wildman–Crippen MR) is 112 cm³/mol. The van der Waals surface area contributed by atoms with Crippen molar-refractivity contribution in [1.29, 1.82) is 0 Å². The molecular weight excluding hydrogens is 386 g/mol. The molecule has 4 aromatic rings. The van der Waals surface area contributed by atoms with E-state index >= 15 is 0 Å². The number of hydrogen-bond donors (Lipinski definition) is 1. The summed E-state index contributed by atoms with van der Waals surface area (Å²) in [5.74, 6) is 2.22. The van der Waals surface area contributed by atoms with Gasteiger partial charge in [-0.15, -0.1) is 11.3 Å². The number of rotatable bonds is 5. The molecule has 7 nitrogen and oxygen atoms in total. The van der Waals surface area contributed by atoms with Crippen molar-refractivity contribution in [2.45, 2.75) is 20.8 Å². The van der Waals surface area contributed by atoms with Gasteiger partial charge >= 0.3 is 0 Å². The van der Waals surface area contributed by atoms with Crippen LogP contribution in [0.15, 0.2) is 54.2 Å². The quantitative estimate of drug-likeness (QED) is 0.521. The Kier molecular flexibility index (Phi) is 5.09. The number of nitrogens with one attached hydrogen (secondary N) is 1. The van der Waals surface area contributed by atoms with Crippen molar-refractivity contribution in [3.05, 3.63) is 76.3 Å². The second-order valence-electron chi connectivity index (χ2n) is 6.45. The summed E-state index contributed by atoms with van der Waals surface area (Å²) in [6, 6.07) is 12.6. The monoisotopic (exact) mass is 405 g/mol. The van der Waals surface area contributed by atoms with Gasteiger partial charge < -0.3 is 10.1 Å². The molecule has 0 spiro atoms. The van der Waals surface area contributed by atoms with Crippen molar-refractivity contribution in [1.82, 2.24) is 19.5 Å². The van der Waals surface area contributed by atoms with E-state index in [0.717, 1.165) is 11.4 Å². The maximum atomic E-state index is 12.1.